The van der Waals surface area contributed by atoms with Crippen molar-refractivity contribution in [1.29, 1.82) is 0 Å². The monoisotopic (exact) mass is 326 g/mol. The summed E-state index contributed by atoms with van der Waals surface area (Å²) in [5, 5.41) is 2.10. The Morgan fingerprint density at radius 2 is 2.04 bits per heavy atom. The minimum Gasteiger partial charge on any atom is -0.344 e. The number of hydrogen-bond acceptors (Lipinski definition) is 3. The molecule has 0 fully saturated rings. The lowest BCUT2D eigenvalue weighted by molar-refractivity contribution is 0.309. The average molecular weight is 327 g/mol. The second kappa shape index (κ2) is 5.95. The van der Waals surface area contributed by atoms with Gasteiger partial charge < -0.3 is 9.47 Å². The minimum atomic E-state index is 0.808. The molecule has 0 radical (unpaired) electrons. The van der Waals surface area contributed by atoms with Crippen molar-refractivity contribution in [2.45, 2.75) is 25.9 Å². The maximum absolute atomic E-state index is 6.24. The molecule has 0 atom stereocenters. The number of fused-ring (bicyclic) bond motifs is 3. The van der Waals surface area contributed by atoms with E-state index in [2.05, 4.69) is 38.6 Å². The molecule has 23 heavy (non-hydrogen) atoms. The zero-order valence-electron chi connectivity index (χ0n) is 13.2. The van der Waals surface area contributed by atoms with Gasteiger partial charge in [0, 0.05) is 60.1 Å². The standard InChI is InChI=1S/C18H19ClN4/c1-22-6-5-18-16(11-22)15-8-14(19)2-3-17(15)23(18)7-4-13-9-20-12-21-10-13/h2-3,8-10,12H,4-7,11H2,1H3. The molecule has 3 aromatic rings. The number of aryl methyl sites for hydroxylation is 2. The van der Waals surface area contributed by atoms with Gasteiger partial charge >= 0.3 is 0 Å². The minimum absolute atomic E-state index is 0.808. The molecule has 0 aliphatic carbocycles. The fraction of sp³-hybridized carbons (Fsp3) is 0.333. The van der Waals surface area contributed by atoms with Crippen LogP contribution in [0.15, 0.2) is 36.9 Å². The summed E-state index contributed by atoms with van der Waals surface area (Å²) in [6.45, 7) is 3.05. The molecule has 1 aliphatic heterocycles. The molecule has 4 nitrogen and oxygen atoms in total. The Hall–Kier alpha value is -1.91. The summed E-state index contributed by atoms with van der Waals surface area (Å²) in [7, 11) is 2.18. The van der Waals surface area contributed by atoms with E-state index in [1.165, 1.54) is 27.7 Å². The molecular formula is C18H19ClN4. The molecule has 0 saturated carbocycles. The summed E-state index contributed by atoms with van der Waals surface area (Å²) in [5.41, 5.74) is 5.34. The molecule has 0 N–H and O–H groups in total. The second-order valence-corrected chi connectivity index (χ2v) is 6.66. The van der Waals surface area contributed by atoms with Gasteiger partial charge in [0.25, 0.3) is 0 Å². The maximum atomic E-state index is 6.24. The number of nitrogens with zero attached hydrogens (tertiary/aromatic N) is 4. The first-order valence-electron chi connectivity index (χ1n) is 7.94. The topological polar surface area (TPSA) is 34.0 Å². The van der Waals surface area contributed by atoms with Crippen molar-refractivity contribution in [3.05, 3.63) is 58.8 Å². The van der Waals surface area contributed by atoms with E-state index in [0.29, 0.717) is 0 Å². The lowest BCUT2D eigenvalue weighted by atomic mass is 10.1. The van der Waals surface area contributed by atoms with Crippen LogP contribution in [0.4, 0.5) is 0 Å². The fourth-order valence-electron chi connectivity index (χ4n) is 3.51. The Balaban J connectivity index is 1.76. The lowest BCUT2D eigenvalue weighted by Crippen LogP contribution is -2.27. The highest BCUT2D eigenvalue weighted by molar-refractivity contribution is 6.31. The number of benzene rings is 1. The first-order valence-corrected chi connectivity index (χ1v) is 8.32. The molecule has 4 rings (SSSR count). The van der Waals surface area contributed by atoms with Crippen molar-refractivity contribution < 1.29 is 0 Å². The van der Waals surface area contributed by atoms with Crippen LogP contribution in [0.25, 0.3) is 10.9 Å². The Morgan fingerprint density at radius 3 is 2.87 bits per heavy atom. The van der Waals surface area contributed by atoms with Gasteiger partial charge in [0.1, 0.15) is 6.33 Å². The average Bonchev–Trinajstić information content (AvgIpc) is 2.86. The van der Waals surface area contributed by atoms with Crippen molar-refractivity contribution >= 4 is 22.5 Å². The molecule has 2 aromatic heterocycles. The van der Waals surface area contributed by atoms with E-state index in [1.54, 1.807) is 6.33 Å². The third-order valence-electron chi connectivity index (χ3n) is 4.65. The van der Waals surface area contributed by atoms with Gasteiger partial charge in [0.2, 0.25) is 0 Å². The molecule has 0 amide bonds. The first-order chi connectivity index (χ1) is 11.2. The number of rotatable bonds is 3. The zero-order valence-corrected chi connectivity index (χ0v) is 13.9. The van der Waals surface area contributed by atoms with Gasteiger partial charge in [-0.15, -0.1) is 0 Å². The predicted octanol–water partition coefficient (Wildman–Crippen LogP) is 3.32. The second-order valence-electron chi connectivity index (χ2n) is 6.22. The molecule has 0 spiro atoms. The molecule has 118 valence electrons. The van der Waals surface area contributed by atoms with Crippen LogP contribution in [0.5, 0.6) is 0 Å². The highest BCUT2D eigenvalue weighted by Gasteiger charge is 2.22. The van der Waals surface area contributed by atoms with Crippen LogP contribution in [0.1, 0.15) is 16.8 Å². The van der Waals surface area contributed by atoms with Crippen LogP contribution in [0, 0.1) is 0 Å². The van der Waals surface area contributed by atoms with Crippen molar-refractivity contribution in [2.75, 3.05) is 13.6 Å². The van der Waals surface area contributed by atoms with E-state index in [1.807, 2.05) is 18.5 Å². The number of halogens is 1. The van der Waals surface area contributed by atoms with E-state index in [0.717, 1.165) is 37.5 Å². The van der Waals surface area contributed by atoms with Crippen LogP contribution < -0.4 is 0 Å². The molecule has 0 saturated heterocycles. The molecular weight excluding hydrogens is 308 g/mol. The van der Waals surface area contributed by atoms with Crippen LogP contribution in [-0.2, 0) is 25.9 Å². The van der Waals surface area contributed by atoms with Crippen molar-refractivity contribution in [3.63, 3.8) is 0 Å². The number of likely N-dealkylation sites (N-methyl/N-ethyl adjacent to an activating group) is 1. The molecule has 1 aliphatic rings. The SMILES string of the molecule is CN1CCc2c(c3cc(Cl)ccc3n2CCc2cncnc2)C1. The lowest BCUT2D eigenvalue weighted by Gasteiger charge is -2.24. The van der Waals surface area contributed by atoms with Crippen molar-refractivity contribution in [2.24, 2.45) is 0 Å². The highest BCUT2D eigenvalue weighted by Crippen LogP contribution is 2.32. The van der Waals surface area contributed by atoms with E-state index in [4.69, 9.17) is 11.6 Å². The smallest absolute Gasteiger partial charge is 0.115 e. The van der Waals surface area contributed by atoms with Crippen molar-refractivity contribution in [3.8, 4) is 0 Å². The summed E-state index contributed by atoms with van der Waals surface area (Å²) >= 11 is 6.24. The van der Waals surface area contributed by atoms with Crippen LogP contribution in [-0.4, -0.2) is 33.0 Å². The van der Waals surface area contributed by atoms with Crippen LogP contribution in [0.2, 0.25) is 5.02 Å². The zero-order chi connectivity index (χ0) is 15.8. The summed E-state index contributed by atoms with van der Waals surface area (Å²) in [5.74, 6) is 0. The molecule has 0 unspecified atom stereocenters. The molecule has 5 heteroatoms. The predicted molar refractivity (Wildman–Crippen MR) is 92.7 cm³/mol. The van der Waals surface area contributed by atoms with Gasteiger partial charge in [-0.3, -0.25) is 0 Å². The fourth-order valence-corrected chi connectivity index (χ4v) is 3.68. The summed E-state index contributed by atoms with van der Waals surface area (Å²) in [6.07, 6.45) is 7.40. The maximum Gasteiger partial charge on any atom is 0.115 e. The Labute approximate surface area is 140 Å². The van der Waals surface area contributed by atoms with E-state index in [9.17, 15) is 0 Å². The quantitative estimate of drug-likeness (QED) is 0.740. The van der Waals surface area contributed by atoms with Crippen molar-refractivity contribution in [1.82, 2.24) is 19.4 Å². The van der Waals surface area contributed by atoms with Gasteiger partial charge in [0.15, 0.2) is 0 Å². The van der Waals surface area contributed by atoms with Gasteiger partial charge in [0.05, 0.1) is 0 Å². The van der Waals surface area contributed by atoms with Crippen LogP contribution >= 0.6 is 11.6 Å². The highest BCUT2D eigenvalue weighted by atomic mass is 35.5. The summed E-state index contributed by atoms with van der Waals surface area (Å²) < 4.78 is 2.46. The van der Waals surface area contributed by atoms with Gasteiger partial charge in [-0.05, 0) is 42.8 Å². The largest absolute Gasteiger partial charge is 0.344 e. The third kappa shape index (κ3) is 2.73. The van der Waals surface area contributed by atoms with E-state index in [-0.39, 0.29) is 0 Å². The number of hydrogen-bond donors (Lipinski definition) is 0. The van der Waals surface area contributed by atoms with Gasteiger partial charge in [-0.1, -0.05) is 11.6 Å². The molecule has 0 bridgehead atoms. The third-order valence-corrected chi connectivity index (χ3v) is 4.88. The Bertz CT molecular complexity index is 841. The Kier molecular flexibility index (Phi) is 3.79. The van der Waals surface area contributed by atoms with Gasteiger partial charge in [-0.2, -0.15) is 0 Å². The van der Waals surface area contributed by atoms with E-state index >= 15 is 0 Å². The molecule has 3 heterocycles. The molecule has 1 aromatic carbocycles. The van der Waals surface area contributed by atoms with Crippen LogP contribution in [0.3, 0.4) is 0 Å². The first kappa shape index (κ1) is 14.7. The summed E-state index contributed by atoms with van der Waals surface area (Å²) in [4.78, 5) is 10.6. The normalized spacial score (nSPS) is 15.0. The summed E-state index contributed by atoms with van der Waals surface area (Å²) in [6, 6.07) is 6.25. The van der Waals surface area contributed by atoms with E-state index < -0.39 is 0 Å². The van der Waals surface area contributed by atoms with Gasteiger partial charge in [-0.25, -0.2) is 9.97 Å². The Morgan fingerprint density at radius 1 is 1.22 bits per heavy atom. The number of aromatic nitrogens is 3.